The average Bonchev–Trinajstić information content (AvgIpc) is 2.97. The van der Waals surface area contributed by atoms with Gasteiger partial charge in [0.2, 0.25) is 15.9 Å². The SMILES string of the molecule is CC(=O)N1CCN(S(=O)(=O)[C@H]2CON(C)[C@@H]2c2cccc(F)c2)CC1. The van der Waals surface area contributed by atoms with Crippen LogP contribution < -0.4 is 0 Å². The number of sulfonamides is 1. The maximum Gasteiger partial charge on any atom is 0.221 e. The van der Waals surface area contributed by atoms with Gasteiger partial charge in [-0.05, 0) is 17.7 Å². The molecular weight excluding hydrogens is 349 g/mol. The third kappa shape index (κ3) is 3.55. The molecule has 9 heteroatoms. The molecule has 1 aromatic carbocycles. The summed E-state index contributed by atoms with van der Waals surface area (Å²) in [5, 5.41) is 0.659. The first-order valence-corrected chi connectivity index (χ1v) is 9.66. The molecule has 2 aliphatic heterocycles. The molecule has 3 rings (SSSR count). The molecular formula is C16H22FN3O4S. The van der Waals surface area contributed by atoms with Crippen molar-refractivity contribution in [2.75, 3.05) is 39.8 Å². The normalized spacial score (nSPS) is 26.1. The molecule has 2 atom stereocenters. The number of nitrogens with zero attached hydrogens (tertiary/aromatic N) is 3. The Balaban J connectivity index is 1.82. The second-order valence-corrected chi connectivity index (χ2v) is 8.48. The minimum Gasteiger partial charge on any atom is -0.340 e. The summed E-state index contributed by atoms with van der Waals surface area (Å²) < 4.78 is 41.2. The fraction of sp³-hybridized carbons (Fsp3) is 0.562. The summed E-state index contributed by atoms with van der Waals surface area (Å²) in [5.74, 6) is -0.470. The van der Waals surface area contributed by atoms with Gasteiger partial charge in [0.15, 0.2) is 0 Å². The Kier molecular flexibility index (Phi) is 5.10. The molecule has 2 fully saturated rings. The van der Waals surface area contributed by atoms with Crippen LogP contribution in [-0.2, 0) is 19.7 Å². The average molecular weight is 371 g/mol. The predicted molar refractivity (Wildman–Crippen MR) is 89.4 cm³/mol. The maximum absolute atomic E-state index is 13.6. The highest BCUT2D eigenvalue weighted by atomic mass is 32.2. The second kappa shape index (κ2) is 6.99. The number of hydrogen-bond acceptors (Lipinski definition) is 5. The third-order valence-electron chi connectivity index (χ3n) is 4.80. The van der Waals surface area contributed by atoms with E-state index < -0.39 is 27.1 Å². The largest absolute Gasteiger partial charge is 0.340 e. The van der Waals surface area contributed by atoms with Gasteiger partial charge in [0.1, 0.15) is 11.1 Å². The van der Waals surface area contributed by atoms with Crippen LogP contribution in [0.2, 0.25) is 0 Å². The molecule has 0 N–H and O–H groups in total. The molecule has 0 aliphatic carbocycles. The fourth-order valence-corrected chi connectivity index (χ4v) is 5.35. The van der Waals surface area contributed by atoms with Gasteiger partial charge in [-0.2, -0.15) is 9.37 Å². The van der Waals surface area contributed by atoms with Crippen molar-refractivity contribution in [1.29, 1.82) is 0 Å². The highest BCUT2D eigenvalue weighted by Gasteiger charge is 2.46. The summed E-state index contributed by atoms with van der Waals surface area (Å²) in [6.07, 6.45) is 0. The van der Waals surface area contributed by atoms with E-state index in [9.17, 15) is 17.6 Å². The van der Waals surface area contributed by atoms with Crippen LogP contribution in [0.5, 0.6) is 0 Å². The van der Waals surface area contributed by atoms with Gasteiger partial charge < -0.3 is 4.90 Å². The molecule has 1 aromatic rings. The number of amides is 1. The Hall–Kier alpha value is -1.55. The lowest BCUT2D eigenvalue weighted by Crippen LogP contribution is -2.53. The van der Waals surface area contributed by atoms with Gasteiger partial charge in [0, 0.05) is 40.2 Å². The zero-order valence-corrected chi connectivity index (χ0v) is 15.1. The third-order valence-corrected chi connectivity index (χ3v) is 7.05. The zero-order chi connectivity index (χ0) is 18.2. The van der Waals surface area contributed by atoms with Crippen LogP contribution in [0.25, 0.3) is 0 Å². The first-order valence-electron chi connectivity index (χ1n) is 8.16. The number of rotatable bonds is 3. The van der Waals surface area contributed by atoms with Crippen molar-refractivity contribution < 1.29 is 22.4 Å². The number of benzene rings is 1. The lowest BCUT2D eigenvalue weighted by atomic mass is 10.0. The summed E-state index contributed by atoms with van der Waals surface area (Å²) in [5.41, 5.74) is 0.566. The molecule has 25 heavy (non-hydrogen) atoms. The molecule has 0 spiro atoms. The summed E-state index contributed by atoms with van der Waals surface area (Å²) in [6.45, 7) is 2.78. The van der Waals surface area contributed by atoms with Crippen molar-refractivity contribution in [3.8, 4) is 0 Å². The smallest absolute Gasteiger partial charge is 0.221 e. The Bertz CT molecular complexity index is 750. The number of carbonyl (C=O) groups excluding carboxylic acids is 1. The monoisotopic (exact) mass is 371 g/mol. The van der Waals surface area contributed by atoms with E-state index in [4.69, 9.17) is 4.84 Å². The van der Waals surface area contributed by atoms with E-state index in [1.165, 1.54) is 28.4 Å². The molecule has 2 aliphatic rings. The van der Waals surface area contributed by atoms with E-state index in [1.807, 2.05) is 0 Å². The lowest BCUT2D eigenvalue weighted by molar-refractivity contribution is -0.129. The molecule has 2 heterocycles. The number of hydroxylamine groups is 2. The van der Waals surface area contributed by atoms with Crippen molar-refractivity contribution in [3.05, 3.63) is 35.6 Å². The van der Waals surface area contributed by atoms with Gasteiger partial charge in [0.25, 0.3) is 0 Å². The van der Waals surface area contributed by atoms with Crippen molar-refractivity contribution in [1.82, 2.24) is 14.3 Å². The van der Waals surface area contributed by atoms with Gasteiger partial charge in [-0.25, -0.2) is 12.8 Å². The first-order chi connectivity index (χ1) is 11.8. The van der Waals surface area contributed by atoms with Crippen molar-refractivity contribution >= 4 is 15.9 Å². The predicted octanol–water partition coefficient (Wildman–Crippen LogP) is 0.606. The van der Waals surface area contributed by atoms with Gasteiger partial charge in [-0.1, -0.05) is 12.1 Å². The lowest BCUT2D eigenvalue weighted by Gasteiger charge is -2.35. The maximum atomic E-state index is 13.6. The fourth-order valence-electron chi connectivity index (χ4n) is 3.41. The van der Waals surface area contributed by atoms with Crippen LogP contribution in [0.3, 0.4) is 0 Å². The molecule has 138 valence electrons. The number of hydrogen-bond donors (Lipinski definition) is 0. The molecule has 0 unspecified atom stereocenters. The van der Waals surface area contributed by atoms with Gasteiger partial charge in [-0.15, -0.1) is 0 Å². The number of piperazine rings is 1. The van der Waals surface area contributed by atoms with E-state index in [0.29, 0.717) is 18.7 Å². The molecule has 0 bridgehead atoms. The zero-order valence-electron chi connectivity index (χ0n) is 14.3. The first kappa shape index (κ1) is 18.2. The molecule has 0 aromatic heterocycles. The van der Waals surface area contributed by atoms with Crippen molar-refractivity contribution in [3.63, 3.8) is 0 Å². The van der Waals surface area contributed by atoms with Crippen molar-refractivity contribution in [2.24, 2.45) is 0 Å². The minimum atomic E-state index is -3.65. The van der Waals surface area contributed by atoms with E-state index in [2.05, 4.69) is 0 Å². The van der Waals surface area contributed by atoms with Crippen LogP contribution in [0.1, 0.15) is 18.5 Å². The summed E-state index contributed by atoms with van der Waals surface area (Å²) in [6, 6.07) is 5.35. The molecule has 0 saturated carbocycles. The van der Waals surface area contributed by atoms with E-state index in [1.54, 1.807) is 24.1 Å². The Labute approximate surface area is 147 Å². The molecule has 7 nitrogen and oxygen atoms in total. The molecule has 1 amide bonds. The van der Waals surface area contributed by atoms with Crippen LogP contribution in [0, 0.1) is 5.82 Å². The van der Waals surface area contributed by atoms with Gasteiger partial charge in [0.05, 0.1) is 12.6 Å². The van der Waals surface area contributed by atoms with Gasteiger partial charge in [-0.3, -0.25) is 9.63 Å². The molecule has 0 radical (unpaired) electrons. The quantitative estimate of drug-likeness (QED) is 0.779. The Morgan fingerprint density at radius 3 is 2.52 bits per heavy atom. The topological polar surface area (TPSA) is 70.2 Å². The highest BCUT2D eigenvalue weighted by molar-refractivity contribution is 7.89. The van der Waals surface area contributed by atoms with Crippen LogP contribution in [-0.4, -0.2) is 73.7 Å². The molecule has 2 saturated heterocycles. The van der Waals surface area contributed by atoms with E-state index >= 15 is 0 Å². The Morgan fingerprint density at radius 2 is 1.92 bits per heavy atom. The van der Waals surface area contributed by atoms with Crippen LogP contribution in [0.4, 0.5) is 4.39 Å². The summed E-state index contributed by atoms with van der Waals surface area (Å²) in [7, 11) is -2.00. The second-order valence-electron chi connectivity index (χ2n) is 6.33. The summed E-state index contributed by atoms with van der Waals surface area (Å²) in [4.78, 5) is 18.5. The van der Waals surface area contributed by atoms with Crippen LogP contribution >= 0.6 is 0 Å². The Morgan fingerprint density at radius 1 is 1.24 bits per heavy atom. The summed E-state index contributed by atoms with van der Waals surface area (Å²) >= 11 is 0. The number of carbonyl (C=O) groups is 1. The van der Waals surface area contributed by atoms with Crippen LogP contribution in [0.15, 0.2) is 24.3 Å². The van der Waals surface area contributed by atoms with E-state index in [0.717, 1.165) is 0 Å². The standard InChI is InChI=1S/C16H22FN3O4S/c1-12(21)19-6-8-20(9-7-19)25(22,23)15-11-24-18(2)16(15)13-4-3-5-14(17)10-13/h3-5,10,15-16H,6-9,11H2,1-2H3/t15-,16+/m0/s1. The minimum absolute atomic E-state index is 0.0208. The highest BCUT2D eigenvalue weighted by Crippen LogP contribution is 2.35. The van der Waals surface area contributed by atoms with E-state index in [-0.39, 0.29) is 25.6 Å². The number of halogens is 1. The van der Waals surface area contributed by atoms with Crippen molar-refractivity contribution in [2.45, 2.75) is 18.2 Å². The van der Waals surface area contributed by atoms with Gasteiger partial charge >= 0.3 is 0 Å².